The molecule has 0 unspecified atom stereocenters. The Morgan fingerprint density at radius 1 is 0.786 bits per heavy atom. The average molecular weight is 403 g/mol. The van der Waals surface area contributed by atoms with Crippen LogP contribution in [0.1, 0.15) is 105 Å². The van der Waals surface area contributed by atoms with Gasteiger partial charge < -0.3 is 20.1 Å². The lowest BCUT2D eigenvalue weighted by Crippen LogP contribution is -2.61. The molecule has 0 aliphatic carbocycles. The van der Waals surface area contributed by atoms with Crippen molar-refractivity contribution in [2.45, 2.75) is 123 Å². The Kier molecular flexibility index (Phi) is 14.2. The molecular formula is C22H42O6. The van der Waals surface area contributed by atoms with E-state index in [2.05, 4.69) is 13.8 Å². The summed E-state index contributed by atoms with van der Waals surface area (Å²) in [7, 11) is 0. The quantitative estimate of drug-likeness (QED) is 0.297. The Balaban J connectivity index is 6.04. The Bertz CT molecular complexity index is 423. The van der Waals surface area contributed by atoms with E-state index in [1.165, 1.54) is 0 Å². The molecule has 0 bridgehead atoms. The van der Waals surface area contributed by atoms with E-state index in [1.807, 2.05) is 13.8 Å². The number of aliphatic hydroxyl groups is 1. The summed E-state index contributed by atoms with van der Waals surface area (Å²) in [6, 6.07) is 0. The maximum atomic E-state index is 12.5. The van der Waals surface area contributed by atoms with Crippen molar-refractivity contribution in [3.05, 3.63) is 0 Å². The van der Waals surface area contributed by atoms with E-state index in [9.17, 15) is 24.9 Å². The third kappa shape index (κ3) is 8.08. The summed E-state index contributed by atoms with van der Waals surface area (Å²) >= 11 is 0. The summed E-state index contributed by atoms with van der Waals surface area (Å²) < 4.78 is 6.15. The van der Waals surface area contributed by atoms with Crippen LogP contribution in [0.15, 0.2) is 0 Å². The van der Waals surface area contributed by atoms with Crippen LogP contribution in [0.4, 0.5) is 0 Å². The van der Waals surface area contributed by atoms with Crippen molar-refractivity contribution in [2.75, 3.05) is 0 Å². The number of aliphatic hydroxyl groups excluding tert-OH is 1. The van der Waals surface area contributed by atoms with Gasteiger partial charge in [-0.3, -0.25) is 0 Å². The molecule has 0 aliphatic heterocycles. The number of carbonyl (C=O) groups is 2. The SMILES string of the molecule is CCCCC(CCCC)O[C@](C(=O)O)(C(CCCC)CCCC)[C@@H](O)C(=O)O. The lowest BCUT2D eigenvalue weighted by molar-refractivity contribution is -0.219. The summed E-state index contributed by atoms with van der Waals surface area (Å²) in [6.45, 7) is 8.13. The molecular weight excluding hydrogens is 360 g/mol. The normalized spacial score (nSPS) is 15.0. The zero-order chi connectivity index (χ0) is 21.6. The maximum absolute atomic E-state index is 12.5. The number of carboxylic acid groups (broad SMARTS) is 2. The predicted octanol–water partition coefficient (Wildman–Crippen LogP) is 5.02. The molecule has 0 aromatic carbocycles. The molecule has 3 N–H and O–H groups in total. The van der Waals surface area contributed by atoms with E-state index in [0.29, 0.717) is 25.7 Å². The second kappa shape index (κ2) is 14.8. The van der Waals surface area contributed by atoms with Crippen LogP contribution >= 0.6 is 0 Å². The summed E-state index contributed by atoms with van der Waals surface area (Å²) in [5, 5.41) is 30.3. The minimum absolute atomic E-state index is 0.365. The highest BCUT2D eigenvalue weighted by molar-refractivity contribution is 5.87. The molecule has 166 valence electrons. The first kappa shape index (κ1) is 26.9. The second-order valence-corrected chi connectivity index (χ2v) is 7.84. The Labute approximate surface area is 170 Å². The molecule has 2 atom stereocenters. The Morgan fingerprint density at radius 3 is 1.50 bits per heavy atom. The van der Waals surface area contributed by atoms with E-state index >= 15 is 0 Å². The van der Waals surface area contributed by atoms with Gasteiger partial charge in [0.1, 0.15) is 0 Å². The number of aliphatic carboxylic acids is 2. The van der Waals surface area contributed by atoms with Crippen molar-refractivity contribution in [1.82, 2.24) is 0 Å². The van der Waals surface area contributed by atoms with Gasteiger partial charge in [0.2, 0.25) is 5.60 Å². The lowest BCUT2D eigenvalue weighted by Gasteiger charge is -2.41. The van der Waals surface area contributed by atoms with Crippen molar-refractivity contribution in [1.29, 1.82) is 0 Å². The van der Waals surface area contributed by atoms with E-state index in [4.69, 9.17) is 4.74 Å². The molecule has 0 aromatic heterocycles. The standard InChI is InChI=1S/C22H42O6/c1-5-9-13-17(14-10-6-2)22(21(26)27,19(23)20(24)25)28-18(15-11-7-3)16-12-8-4/h17-19,23H,5-16H2,1-4H3,(H,24,25)(H,26,27)/t19-,22+/m0/s1. The van der Waals surface area contributed by atoms with Crippen molar-refractivity contribution in [3.63, 3.8) is 0 Å². The molecule has 0 aliphatic rings. The number of ether oxygens (including phenoxy) is 1. The van der Waals surface area contributed by atoms with Gasteiger partial charge in [0.15, 0.2) is 6.10 Å². The highest BCUT2D eigenvalue weighted by atomic mass is 16.6. The molecule has 0 amide bonds. The zero-order valence-corrected chi connectivity index (χ0v) is 18.3. The fourth-order valence-electron chi connectivity index (χ4n) is 3.79. The molecule has 0 saturated heterocycles. The van der Waals surface area contributed by atoms with Gasteiger partial charge in [0.25, 0.3) is 0 Å². The number of hydrogen-bond donors (Lipinski definition) is 3. The van der Waals surface area contributed by atoms with Crippen LogP contribution in [0.2, 0.25) is 0 Å². The second-order valence-electron chi connectivity index (χ2n) is 7.84. The predicted molar refractivity (Wildman–Crippen MR) is 110 cm³/mol. The number of hydrogen-bond acceptors (Lipinski definition) is 4. The summed E-state index contributed by atoms with van der Waals surface area (Å²) in [6.07, 6.45) is 6.88. The monoisotopic (exact) mass is 402 g/mol. The number of rotatable bonds is 18. The van der Waals surface area contributed by atoms with Gasteiger partial charge in [-0.05, 0) is 25.7 Å². The third-order valence-electron chi connectivity index (χ3n) is 5.51. The Morgan fingerprint density at radius 2 is 1.18 bits per heavy atom. The smallest absolute Gasteiger partial charge is 0.339 e. The summed E-state index contributed by atoms with van der Waals surface area (Å²) in [5.74, 6) is -3.44. The summed E-state index contributed by atoms with van der Waals surface area (Å²) in [5.41, 5.74) is -2.11. The molecule has 0 aromatic rings. The van der Waals surface area contributed by atoms with Crippen molar-refractivity contribution in [2.24, 2.45) is 5.92 Å². The van der Waals surface area contributed by atoms with Gasteiger partial charge >= 0.3 is 11.9 Å². The van der Waals surface area contributed by atoms with Gasteiger partial charge in [-0.15, -0.1) is 0 Å². The van der Waals surface area contributed by atoms with Crippen LogP contribution in [0.5, 0.6) is 0 Å². The van der Waals surface area contributed by atoms with E-state index in [0.717, 1.165) is 51.4 Å². The van der Waals surface area contributed by atoms with Crippen LogP contribution in [0.3, 0.4) is 0 Å². The fourth-order valence-corrected chi connectivity index (χ4v) is 3.79. The molecule has 0 heterocycles. The van der Waals surface area contributed by atoms with Crippen LogP contribution in [-0.4, -0.2) is 45.1 Å². The van der Waals surface area contributed by atoms with Crippen molar-refractivity contribution < 1.29 is 29.6 Å². The van der Waals surface area contributed by atoms with Crippen LogP contribution in [-0.2, 0) is 14.3 Å². The van der Waals surface area contributed by atoms with Crippen LogP contribution in [0, 0.1) is 5.92 Å². The molecule has 28 heavy (non-hydrogen) atoms. The van der Waals surface area contributed by atoms with E-state index in [-0.39, 0.29) is 6.10 Å². The first-order valence-corrected chi connectivity index (χ1v) is 11.1. The first-order valence-electron chi connectivity index (χ1n) is 11.1. The highest BCUT2D eigenvalue weighted by Crippen LogP contribution is 2.37. The minimum Gasteiger partial charge on any atom is -0.479 e. The molecule has 0 radical (unpaired) electrons. The molecule has 0 fully saturated rings. The minimum atomic E-state index is -2.11. The van der Waals surface area contributed by atoms with Gasteiger partial charge in [-0.25, -0.2) is 9.59 Å². The van der Waals surface area contributed by atoms with E-state index < -0.39 is 29.6 Å². The van der Waals surface area contributed by atoms with Crippen LogP contribution < -0.4 is 0 Å². The lowest BCUT2D eigenvalue weighted by atomic mass is 9.76. The van der Waals surface area contributed by atoms with Crippen molar-refractivity contribution >= 4 is 11.9 Å². The first-order chi connectivity index (χ1) is 13.3. The average Bonchev–Trinajstić information content (AvgIpc) is 2.67. The maximum Gasteiger partial charge on any atom is 0.339 e. The highest BCUT2D eigenvalue weighted by Gasteiger charge is 2.56. The van der Waals surface area contributed by atoms with Gasteiger partial charge in [-0.1, -0.05) is 79.1 Å². The largest absolute Gasteiger partial charge is 0.479 e. The topological polar surface area (TPSA) is 104 Å². The van der Waals surface area contributed by atoms with Gasteiger partial charge in [-0.2, -0.15) is 0 Å². The molecule has 0 saturated carbocycles. The summed E-state index contributed by atoms with van der Waals surface area (Å²) in [4.78, 5) is 24.2. The van der Waals surface area contributed by atoms with Crippen LogP contribution in [0.25, 0.3) is 0 Å². The fraction of sp³-hybridized carbons (Fsp3) is 0.909. The molecule has 0 spiro atoms. The Hall–Kier alpha value is -1.14. The van der Waals surface area contributed by atoms with Gasteiger partial charge in [0, 0.05) is 5.92 Å². The van der Waals surface area contributed by atoms with Crippen molar-refractivity contribution in [3.8, 4) is 0 Å². The molecule has 6 nitrogen and oxygen atoms in total. The number of carboxylic acids is 2. The zero-order valence-electron chi connectivity index (χ0n) is 18.3. The third-order valence-corrected chi connectivity index (χ3v) is 5.51. The number of unbranched alkanes of at least 4 members (excludes halogenated alkanes) is 4. The molecule has 0 rings (SSSR count). The van der Waals surface area contributed by atoms with E-state index in [1.54, 1.807) is 0 Å². The molecule has 6 heteroatoms. The van der Waals surface area contributed by atoms with Gasteiger partial charge in [0.05, 0.1) is 6.10 Å².